The van der Waals surface area contributed by atoms with Crippen molar-refractivity contribution < 1.29 is 122 Å². The summed E-state index contributed by atoms with van der Waals surface area (Å²) in [6.07, 6.45) is 31.9. The van der Waals surface area contributed by atoms with Crippen LogP contribution < -0.4 is 0 Å². The van der Waals surface area contributed by atoms with Crippen LogP contribution >= 0.6 is 7.82 Å². The van der Waals surface area contributed by atoms with E-state index in [2.05, 4.69) is 39.8 Å². The third-order valence-electron chi connectivity index (χ3n) is 23.8. The molecule has 3 rings (SSSR count). The van der Waals surface area contributed by atoms with Crippen LogP contribution in [0, 0.1) is 0 Å². The summed E-state index contributed by atoms with van der Waals surface area (Å²) in [4.78, 5) is 66.5. The van der Waals surface area contributed by atoms with Gasteiger partial charge in [0, 0.05) is 25.7 Å². The number of carbonyl (C=O) groups excluding carboxylic acids is 4. The summed E-state index contributed by atoms with van der Waals surface area (Å²) in [5, 5.41) is 102. The van der Waals surface area contributed by atoms with Crippen LogP contribution in [0.15, 0.2) is 12.2 Å². The highest BCUT2D eigenvalue weighted by atomic mass is 31.2. The molecule has 0 radical (unpaired) electrons. The largest absolute Gasteiger partial charge is 0.472 e. The minimum atomic E-state index is -5.81. The fourth-order valence-corrected chi connectivity index (χ4v) is 17.0. The molecule has 0 amide bonds. The van der Waals surface area contributed by atoms with E-state index in [-0.39, 0.29) is 32.1 Å². The van der Waals surface area contributed by atoms with E-state index in [0.717, 1.165) is 122 Å². The van der Waals surface area contributed by atoms with Crippen LogP contribution in [0.1, 0.15) is 426 Å². The van der Waals surface area contributed by atoms with Crippen molar-refractivity contribution >= 4 is 31.7 Å². The first-order valence-corrected chi connectivity index (χ1v) is 49.9. The van der Waals surface area contributed by atoms with Crippen LogP contribution in [0.5, 0.6) is 0 Å². The number of aliphatic hydroxyl groups excluding tert-OH is 9. The number of hydrogen-bond acceptors (Lipinski definition) is 24. The predicted molar refractivity (Wildman–Crippen MR) is 463 cm³/mol. The molecule has 0 spiro atoms. The Morgan fingerprint density at radius 2 is 0.630 bits per heavy atom. The Morgan fingerprint density at radius 3 is 1.01 bits per heavy atom. The molecule has 18 atom stereocenters. The first-order chi connectivity index (χ1) is 57.7. The Kier molecular flexibility index (Phi) is 67.0. The summed E-state index contributed by atoms with van der Waals surface area (Å²) in [5.41, 5.74) is 0. The van der Waals surface area contributed by atoms with Gasteiger partial charge in [0.05, 0.1) is 13.2 Å². The highest BCUT2D eigenvalue weighted by molar-refractivity contribution is 7.47. The van der Waals surface area contributed by atoms with Crippen molar-refractivity contribution in [2.75, 3.05) is 26.4 Å². The van der Waals surface area contributed by atoms with Crippen LogP contribution in [0.2, 0.25) is 0 Å². The quantitative estimate of drug-likeness (QED) is 0.00889. The molecule has 119 heavy (non-hydrogen) atoms. The number of carbonyl (C=O) groups is 4. The second kappa shape index (κ2) is 72.3. The van der Waals surface area contributed by atoms with Gasteiger partial charge in [-0.3, -0.25) is 28.2 Å². The van der Waals surface area contributed by atoms with E-state index in [0.29, 0.717) is 32.1 Å². The molecule has 2 aliphatic heterocycles. The van der Waals surface area contributed by atoms with Gasteiger partial charge in [0.1, 0.15) is 92.6 Å². The monoisotopic (exact) mass is 1720 g/mol. The van der Waals surface area contributed by atoms with Crippen molar-refractivity contribution in [2.45, 2.75) is 530 Å². The zero-order valence-electron chi connectivity index (χ0n) is 74.7. The lowest BCUT2D eigenvalue weighted by Crippen LogP contribution is -2.70. The summed E-state index contributed by atoms with van der Waals surface area (Å²) in [7, 11) is -5.81. The molecule has 1 aliphatic carbocycles. The van der Waals surface area contributed by atoms with Crippen molar-refractivity contribution in [1.82, 2.24) is 0 Å². The number of allylic oxidation sites excluding steroid dienone is 2. The molecule has 0 aromatic heterocycles. The molecule has 10 N–H and O–H groups in total. The number of phosphoric acid groups is 1. The highest BCUT2D eigenvalue weighted by Crippen LogP contribution is 2.49. The van der Waals surface area contributed by atoms with Crippen LogP contribution in [-0.4, -0.2) is 205 Å². The third kappa shape index (κ3) is 52.2. The van der Waals surface area contributed by atoms with E-state index in [1.807, 2.05) is 0 Å². The van der Waals surface area contributed by atoms with Crippen LogP contribution in [-0.2, 0) is 70.7 Å². The molecule has 3 aliphatic rings. The van der Waals surface area contributed by atoms with Gasteiger partial charge in [0.25, 0.3) is 0 Å². The van der Waals surface area contributed by atoms with E-state index < -0.39 is 162 Å². The summed E-state index contributed by atoms with van der Waals surface area (Å²) in [6.45, 7) is 5.62. The van der Waals surface area contributed by atoms with Gasteiger partial charge in [-0.25, -0.2) is 4.57 Å². The van der Waals surface area contributed by atoms with Crippen molar-refractivity contribution in [3.8, 4) is 0 Å². The van der Waals surface area contributed by atoms with Gasteiger partial charge in [-0.05, 0) is 51.4 Å². The van der Waals surface area contributed by atoms with E-state index in [1.165, 1.54) is 212 Å². The normalized spacial score (nSPS) is 24.8. The third-order valence-corrected chi connectivity index (χ3v) is 24.8. The van der Waals surface area contributed by atoms with Gasteiger partial charge >= 0.3 is 31.7 Å². The molecule has 26 heteroatoms. The maximum atomic E-state index is 14.9. The minimum absolute atomic E-state index is 0.0176. The lowest BCUT2D eigenvalue weighted by molar-refractivity contribution is -0.360. The first-order valence-electron chi connectivity index (χ1n) is 48.4. The molecule has 700 valence electrons. The number of phosphoric ester groups is 1. The van der Waals surface area contributed by atoms with E-state index in [1.54, 1.807) is 0 Å². The fraction of sp³-hybridized carbons (Fsp3) is 0.935. The molecular weight excluding hydrogens is 1550 g/mol. The SMILES string of the molecule is CCCCCCCC/C=C\CCCCCC(=O)OC1C(O)C(O)C(OC2OC(CO)C(O)C(O)C2O)C(OP(=O)(O)OCC(COC(=O)CCCCCCCCCCCCCCCCCC)OC(=O)CCCCCCCCCCCCCCCCC)C1OC1OC(COC(=O)CCCCCCCCCCCCCCCCCC)C(O)C(O)C1O. The van der Waals surface area contributed by atoms with Gasteiger partial charge in [-0.1, -0.05) is 361 Å². The van der Waals surface area contributed by atoms with Crippen LogP contribution in [0.3, 0.4) is 0 Å². The standard InChI is InChI=1S/C93H173O25P/c1-5-9-13-17-21-25-29-33-36-39-42-45-49-53-57-61-65-76(95)109-70-73(112-78(97)67-63-59-55-51-48-44-38-35-31-27-23-19-15-11-7-3)71-111-119(107,108)118-91-89(116-92-86(105)82(101)80(99)74(69-94)113-92)85(104)84(103)88(115-79(98)68-64-60-56-52-47-41-32-28-24-20-16-12-8-4)90(91)117-93-87(106)83(102)81(100)75(114-93)72-110-77(96)66-62-58-54-50-46-43-40-37-34-30-26-22-18-14-10-6-2/h41,47,73-75,80-94,99-106H,5-40,42-46,48-72H2,1-4H3,(H,107,108)/b47-41-. The Bertz CT molecular complexity index is 2520. The van der Waals surface area contributed by atoms with Crippen molar-refractivity contribution in [2.24, 2.45) is 0 Å². The van der Waals surface area contributed by atoms with Crippen LogP contribution in [0.4, 0.5) is 0 Å². The summed E-state index contributed by atoms with van der Waals surface area (Å²) >= 11 is 0. The molecule has 25 nitrogen and oxygen atoms in total. The summed E-state index contributed by atoms with van der Waals surface area (Å²) in [6, 6.07) is 0. The Balaban J connectivity index is 1.90. The number of aliphatic hydroxyl groups is 9. The van der Waals surface area contributed by atoms with E-state index >= 15 is 0 Å². The zero-order chi connectivity index (χ0) is 86.8. The van der Waals surface area contributed by atoms with Crippen molar-refractivity contribution in [1.29, 1.82) is 0 Å². The Hall–Kier alpha value is -2.79. The molecule has 18 unspecified atom stereocenters. The Labute approximate surface area is 718 Å². The molecule has 3 fully saturated rings. The van der Waals surface area contributed by atoms with Crippen LogP contribution in [0.25, 0.3) is 0 Å². The highest BCUT2D eigenvalue weighted by Gasteiger charge is 2.60. The maximum Gasteiger partial charge on any atom is 0.472 e. The summed E-state index contributed by atoms with van der Waals surface area (Å²) in [5.74, 6) is -2.96. The van der Waals surface area contributed by atoms with E-state index in [9.17, 15) is 74.6 Å². The molecule has 0 aromatic carbocycles. The average molecular weight is 1720 g/mol. The van der Waals surface area contributed by atoms with E-state index in [4.69, 9.17) is 46.9 Å². The number of ether oxygens (including phenoxy) is 8. The Morgan fingerprint density at radius 1 is 0.328 bits per heavy atom. The molecule has 0 bridgehead atoms. The smallest absolute Gasteiger partial charge is 0.463 e. The number of rotatable bonds is 79. The van der Waals surface area contributed by atoms with Crippen molar-refractivity contribution in [3.63, 3.8) is 0 Å². The molecule has 0 aromatic rings. The second-order valence-electron chi connectivity index (χ2n) is 34.6. The molecule has 1 saturated carbocycles. The summed E-state index contributed by atoms with van der Waals surface area (Å²) < 4.78 is 73.5. The van der Waals surface area contributed by atoms with Gasteiger partial charge in [0.2, 0.25) is 0 Å². The minimum Gasteiger partial charge on any atom is -0.463 e. The van der Waals surface area contributed by atoms with Gasteiger partial charge < -0.3 is 88.7 Å². The lowest BCUT2D eigenvalue weighted by Gasteiger charge is -2.50. The van der Waals surface area contributed by atoms with Gasteiger partial charge in [-0.2, -0.15) is 0 Å². The first kappa shape index (κ1) is 110. The predicted octanol–water partition coefficient (Wildman–Crippen LogP) is 18.3. The van der Waals surface area contributed by atoms with Gasteiger partial charge in [0.15, 0.2) is 24.8 Å². The molecule has 2 heterocycles. The fourth-order valence-electron chi connectivity index (χ4n) is 16.1. The number of esters is 4. The topological polar surface area (TPSA) is 380 Å². The van der Waals surface area contributed by atoms with Gasteiger partial charge in [-0.15, -0.1) is 0 Å². The molecular formula is C93H173O25P. The zero-order valence-corrected chi connectivity index (χ0v) is 75.6. The number of hydrogen-bond donors (Lipinski definition) is 10. The van der Waals surface area contributed by atoms with Crippen molar-refractivity contribution in [3.05, 3.63) is 12.2 Å². The maximum absolute atomic E-state index is 14.9. The second-order valence-corrected chi connectivity index (χ2v) is 36.0. The number of unbranched alkanes of at least 4 members (excludes halogenated alkanes) is 53. The average Bonchev–Trinajstić information content (AvgIpc) is 0.754. The molecule has 2 saturated heterocycles. The lowest BCUT2D eigenvalue weighted by atomic mass is 9.84.